The van der Waals surface area contributed by atoms with Crippen LogP contribution >= 0.6 is 0 Å². The topological polar surface area (TPSA) is 56.8 Å². The molecule has 1 atom stereocenters. The van der Waals surface area contributed by atoms with E-state index in [0.717, 1.165) is 12.1 Å². The summed E-state index contributed by atoms with van der Waals surface area (Å²) in [6, 6.07) is 13.3. The van der Waals surface area contributed by atoms with Gasteiger partial charge in [-0.1, -0.05) is 18.2 Å². The van der Waals surface area contributed by atoms with E-state index in [1.54, 1.807) is 24.5 Å². The van der Waals surface area contributed by atoms with Crippen LogP contribution in [-0.2, 0) is 4.79 Å². The third-order valence-corrected chi connectivity index (χ3v) is 5.55. The Hall–Kier alpha value is -2.73. The van der Waals surface area contributed by atoms with Gasteiger partial charge in [-0.15, -0.1) is 0 Å². The summed E-state index contributed by atoms with van der Waals surface area (Å²) in [5.74, 6) is 0.129. The highest BCUT2D eigenvalue weighted by Gasteiger charge is 2.48. The Labute approximate surface area is 153 Å². The van der Waals surface area contributed by atoms with Crippen molar-refractivity contribution in [3.63, 3.8) is 0 Å². The zero-order valence-corrected chi connectivity index (χ0v) is 14.8. The van der Waals surface area contributed by atoms with Crippen molar-refractivity contribution in [1.82, 2.24) is 14.8 Å². The second-order valence-corrected chi connectivity index (χ2v) is 7.11. The van der Waals surface area contributed by atoms with Crippen molar-refractivity contribution in [2.45, 2.75) is 12.0 Å². The lowest BCUT2D eigenvalue weighted by Crippen LogP contribution is -2.64. The molecular formula is C20H22N4O2. The van der Waals surface area contributed by atoms with Gasteiger partial charge in [0, 0.05) is 43.3 Å². The zero-order valence-electron chi connectivity index (χ0n) is 14.8. The molecule has 0 radical (unpaired) electrons. The second-order valence-electron chi connectivity index (χ2n) is 7.11. The van der Waals surface area contributed by atoms with Crippen molar-refractivity contribution >= 4 is 17.5 Å². The first kappa shape index (κ1) is 16.7. The molecule has 0 N–H and O–H groups in total. The summed E-state index contributed by atoms with van der Waals surface area (Å²) in [5.41, 5.74) is 1.38. The van der Waals surface area contributed by atoms with Crippen LogP contribution in [0.2, 0.25) is 0 Å². The van der Waals surface area contributed by atoms with Crippen molar-refractivity contribution in [3.8, 4) is 0 Å². The van der Waals surface area contributed by atoms with Crippen molar-refractivity contribution in [1.29, 1.82) is 0 Å². The summed E-state index contributed by atoms with van der Waals surface area (Å²) in [6.45, 7) is 2.29. The number of benzene rings is 1. The molecule has 6 nitrogen and oxygen atoms in total. The SMILES string of the molecule is CN1CC(=O)N(c2ccccc2)C[C@]12CCN(C(=O)c1ccncc1)C2. The molecule has 0 aliphatic carbocycles. The lowest BCUT2D eigenvalue weighted by Gasteiger charge is -2.46. The maximum absolute atomic E-state index is 12.8. The summed E-state index contributed by atoms with van der Waals surface area (Å²) < 4.78 is 0. The normalized spacial score (nSPS) is 23.7. The van der Waals surface area contributed by atoms with Gasteiger partial charge in [-0.3, -0.25) is 19.5 Å². The summed E-state index contributed by atoms with van der Waals surface area (Å²) in [5, 5.41) is 0. The highest BCUT2D eigenvalue weighted by molar-refractivity contribution is 5.96. The van der Waals surface area contributed by atoms with E-state index in [4.69, 9.17) is 0 Å². The van der Waals surface area contributed by atoms with E-state index in [2.05, 4.69) is 9.88 Å². The number of anilines is 1. The van der Waals surface area contributed by atoms with E-state index >= 15 is 0 Å². The molecule has 2 aliphatic heterocycles. The second kappa shape index (κ2) is 6.53. The smallest absolute Gasteiger partial charge is 0.254 e. The number of carbonyl (C=O) groups excluding carboxylic acids is 2. The Kier molecular flexibility index (Phi) is 4.20. The van der Waals surface area contributed by atoms with Crippen molar-refractivity contribution in [2.24, 2.45) is 0 Å². The van der Waals surface area contributed by atoms with Crippen LogP contribution < -0.4 is 4.90 Å². The standard InChI is InChI=1S/C20H22N4O2/c1-22-13-18(25)24(17-5-3-2-4-6-17)15-20(22)9-12-23(14-20)19(26)16-7-10-21-11-8-16/h2-8,10-11H,9,12-15H2,1H3/t20-/m1/s1. The highest BCUT2D eigenvalue weighted by Crippen LogP contribution is 2.33. The summed E-state index contributed by atoms with van der Waals surface area (Å²) >= 11 is 0. The molecule has 1 aromatic heterocycles. The van der Waals surface area contributed by atoms with E-state index in [9.17, 15) is 9.59 Å². The quantitative estimate of drug-likeness (QED) is 0.826. The van der Waals surface area contributed by atoms with Crippen LogP contribution in [0.15, 0.2) is 54.9 Å². The molecule has 1 aromatic carbocycles. The number of nitrogens with zero attached hydrogens (tertiary/aromatic N) is 4. The molecule has 0 saturated carbocycles. The van der Waals surface area contributed by atoms with Gasteiger partial charge in [0.2, 0.25) is 5.91 Å². The fourth-order valence-corrected chi connectivity index (χ4v) is 3.95. The number of piperazine rings is 1. The minimum atomic E-state index is -0.202. The molecule has 1 spiro atoms. The number of amides is 2. The maximum atomic E-state index is 12.8. The van der Waals surface area contributed by atoms with Crippen LogP contribution in [0.5, 0.6) is 0 Å². The van der Waals surface area contributed by atoms with Gasteiger partial charge in [0.1, 0.15) is 0 Å². The summed E-state index contributed by atoms with van der Waals surface area (Å²) in [6.07, 6.45) is 4.14. The number of likely N-dealkylation sites (N-methyl/N-ethyl adjacent to an activating group) is 1. The van der Waals surface area contributed by atoms with Crippen molar-refractivity contribution in [2.75, 3.05) is 38.1 Å². The minimum absolute atomic E-state index is 0.0286. The summed E-state index contributed by atoms with van der Waals surface area (Å²) in [4.78, 5) is 35.2. The fraction of sp³-hybridized carbons (Fsp3) is 0.350. The van der Waals surface area contributed by atoms with Crippen LogP contribution in [0, 0.1) is 0 Å². The van der Waals surface area contributed by atoms with Gasteiger partial charge in [0.25, 0.3) is 5.91 Å². The molecule has 4 rings (SSSR count). The van der Waals surface area contributed by atoms with Crippen molar-refractivity contribution in [3.05, 3.63) is 60.4 Å². The van der Waals surface area contributed by atoms with Crippen molar-refractivity contribution < 1.29 is 9.59 Å². The largest absolute Gasteiger partial charge is 0.337 e. The Morgan fingerprint density at radius 3 is 2.54 bits per heavy atom. The van der Waals surface area contributed by atoms with E-state index in [0.29, 0.717) is 31.7 Å². The van der Waals surface area contributed by atoms with Gasteiger partial charge in [0.05, 0.1) is 12.1 Å². The lowest BCUT2D eigenvalue weighted by atomic mass is 9.92. The molecule has 2 saturated heterocycles. The Morgan fingerprint density at radius 2 is 1.81 bits per heavy atom. The highest BCUT2D eigenvalue weighted by atomic mass is 16.2. The van der Waals surface area contributed by atoms with Gasteiger partial charge in [-0.2, -0.15) is 0 Å². The number of carbonyl (C=O) groups is 2. The molecule has 0 bridgehead atoms. The number of hydrogen-bond donors (Lipinski definition) is 0. The molecule has 0 unspecified atom stereocenters. The number of aromatic nitrogens is 1. The number of hydrogen-bond acceptors (Lipinski definition) is 4. The van der Waals surface area contributed by atoms with Gasteiger partial charge in [0.15, 0.2) is 0 Å². The Bertz CT molecular complexity index is 811. The zero-order chi connectivity index (χ0) is 18.1. The van der Waals surface area contributed by atoms with Gasteiger partial charge >= 0.3 is 0 Å². The average Bonchev–Trinajstić information content (AvgIpc) is 3.11. The maximum Gasteiger partial charge on any atom is 0.254 e. The van der Waals surface area contributed by atoms with Gasteiger partial charge in [-0.25, -0.2) is 0 Å². The van der Waals surface area contributed by atoms with E-state index in [1.807, 2.05) is 47.2 Å². The molecule has 134 valence electrons. The van der Waals surface area contributed by atoms with Crippen LogP contribution in [0.1, 0.15) is 16.8 Å². The van der Waals surface area contributed by atoms with Crippen LogP contribution in [-0.4, -0.2) is 65.4 Å². The third kappa shape index (κ3) is 2.86. The first-order valence-electron chi connectivity index (χ1n) is 8.85. The van der Waals surface area contributed by atoms with E-state index in [-0.39, 0.29) is 17.4 Å². The monoisotopic (exact) mass is 350 g/mol. The number of para-hydroxylation sites is 1. The van der Waals surface area contributed by atoms with E-state index in [1.165, 1.54) is 0 Å². The van der Waals surface area contributed by atoms with Crippen LogP contribution in [0.4, 0.5) is 5.69 Å². The van der Waals surface area contributed by atoms with E-state index < -0.39 is 0 Å². The summed E-state index contributed by atoms with van der Waals surface area (Å²) in [7, 11) is 1.99. The minimum Gasteiger partial charge on any atom is -0.337 e. The fourth-order valence-electron chi connectivity index (χ4n) is 3.95. The van der Waals surface area contributed by atoms with Gasteiger partial charge in [-0.05, 0) is 37.7 Å². The first-order chi connectivity index (χ1) is 12.6. The molecule has 2 aromatic rings. The molecule has 2 aliphatic rings. The Balaban J connectivity index is 1.56. The molecular weight excluding hydrogens is 328 g/mol. The predicted octanol–water partition coefficient (Wildman–Crippen LogP) is 1.64. The van der Waals surface area contributed by atoms with Crippen LogP contribution in [0.3, 0.4) is 0 Å². The third-order valence-electron chi connectivity index (χ3n) is 5.55. The lowest BCUT2D eigenvalue weighted by molar-refractivity contribution is -0.123. The molecule has 3 heterocycles. The van der Waals surface area contributed by atoms with Gasteiger partial charge < -0.3 is 9.80 Å². The number of rotatable bonds is 2. The molecule has 26 heavy (non-hydrogen) atoms. The number of pyridine rings is 1. The van der Waals surface area contributed by atoms with Crippen LogP contribution in [0.25, 0.3) is 0 Å². The predicted molar refractivity (Wildman–Crippen MR) is 98.9 cm³/mol. The molecule has 2 amide bonds. The first-order valence-corrected chi connectivity index (χ1v) is 8.85. The molecule has 2 fully saturated rings. The average molecular weight is 350 g/mol. The molecule has 6 heteroatoms. The Morgan fingerprint density at radius 1 is 1.08 bits per heavy atom. The number of likely N-dealkylation sites (tertiary alicyclic amines) is 1.